The fraction of sp³-hybridized carbons (Fsp3) is 0.357. The van der Waals surface area contributed by atoms with Gasteiger partial charge in [-0.3, -0.25) is 4.79 Å². The van der Waals surface area contributed by atoms with Crippen LogP contribution in [0.5, 0.6) is 5.75 Å². The zero-order chi connectivity index (χ0) is 15.2. The van der Waals surface area contributed by atoms with Crippen molar-refractivity contribution in [3.05, 3.63) is 40.7 Å². The highest BCUT2D eigenvalue weighted by Crippen LogP contribution is 2.16. The van der Waals surface area contributed by atoms with Gasteiger partial charge in [0.25, 0.3) is 5.91 Å². The molecule has 0 spiro atoms. The predicted octanol–water partition coefficient (Wildman–Crippen LogP) is 2.39. The number of likely N-dealkylation sites (N-methyl/N-ethyl adjacent to an activating group) is 1. The highest BCUT2D eigenvalue weighted by molar-refractivity contribution is 7.07. The molecule has 0 fully saturated rings. The Kier molecular flexibility index (Phi) is 5.21. The molecule has 0 saturated carbocycles. The summed E-state index contributed by atoms with van der Waals surface area (Å²) in [5, 5.41) is 3.92. The molecule has 21 heavy (non-hydrogen) atoms. The van der Waals surface area contributed by atoms with Crippen molar-refractivity contribution in [2.75, 3.05) is 20.2 Å². The lowest BCUT2D eigenvalue weighted by atomic mass is 10.3. The van der Waals surface area contributed by atoms with E-state index < -0.39 is 5.82 Å². The van der Waals surface area contributed by atoms with E-state index in [0.717, 1.165) is 11.5 Å². The van der Waals surface area contributed by atoms with Crippen LogP contribution in [0.25, 0.3) is 0 Å². The Morgan fingerprint density at radius 2 is 2.19 bits per heavy atom. The van der Waals surface area contributed by atoms with Crippen LogP contribution in [-0.2, 0) is 6.42 Å². The monoisotopic (exact) mass is 309 g/mol. The van der Waals surface area contributed by atoms with E-state index in [0.29, 0.717) is 23.5 Å². The molecule has 0 bridgehead atoms. The minimum Gasteiger partial charge on any atom is -0.489 e. The first-order valence-electron chi connectivity index (χ1n) is 6.57. The van der Waals surface area contributed by atoms with E-state index >= 15 is 0 Å². The molecule has 0 atom stereocenters. The van der Waals surface area contributed by atoms with E-state index in [-0.39, 0.29) is 18.3 Å². The molecule has 1 amide bonds. The van der Waals surface area contributed by atoms with E-state index in [1.54, 1.807) is 25.2 Å². The SMILES string of the molecule is CCc1nnsc1C(=O)N(C)CCOc1ccccc1F. The van der Waals surface area contributed by atoms with Gasteiger partial charge in [-0.1, -0.05) is 23.5 Å². The Bertz CT molecular complexity index is 618. The quantitative estimate of drug-likeness (QED) is 0.822. The van der Waals surface area contributed by atoms with Gasteiger partial charge in [0.1, 0.15) is 11.5 Å². The van der Waals surface area contributed by atoms with Crippen molar-refractivity contribution in [2.24, 2.45) is 0 Å². The molecule has 0 saturated heterocycles. The molecule has 0 unspecified atom stereocenters. The number of rotatable bonds is 6. The highest BCUT2D eigenvalue weighted by atomic mass is 32.1. The van der Waals surface area contributed by atoms with Gasteiger partial charge in [0.2, 0.25) is 0 Å². The number of carbonyl (C=O) groups excluding carboxylic acids is 1. The molecule has 7 heteroatoms. The zero-order valence-electron chi connectivity index (χ0n) is 11.9. The molecule has 0 aliphatic carbocycles. The summed E-state index contributed by atoms with van der Waals surface area (Å²) in [5.41, 5.74) is 0.701. The van der Waals surface area contributed by atoms with Gasteiger partial charge in [0, 0.05) is 7.05 Å². The zero-order valence-corrected chi connectivity index (χ0v) is 12.7. The normalized spacial score (nSPS) is 10.4. The van der Waals surface area contributed by atoms with Crippen molar-refractivity contribution >= 4 is 17.4 Å². The van der Waals surface area contributed by atoms with Crippen LogP contribution in [0.4, 0.5) is 4.39 Å². The predicted molar refractivity (Wildman–Crippen MR) is 78.1 cm³/mol. The van der Waals surface area contributed by atoms with Crippen LogP contribution >= 0.6 is 11.5 Å². The molecule has 0 radical (unpaired) electrons. The summed E-state index contributed by atoms with van der Waals surface area (Å²) in [4.78, 5) is 14.3. The number of benzene rings is 1. The molecule has 5 nitrogen and oxygen atoms in total. The number of para-hydroxylation sites is 1. The lowest BCUT2D eigenvalue weighted by Crippen LogP contribution is -2.31. The summed E-state index contributed by atoms with van der Waals surface area (Å²) in [6.07, 6.45) is 0.664. The summed E-state index contributed by atoms with van der Waals surface area (Å²) in [6, 6.07) is 6.19. The average Bonchev–Trinajstić information content (AvgIpc) is 2.96. The first-order chi connectivity index (χ1) is 10.1. The number of carbonyl (C=O) groups is 1. The molecular formula is C14H16FN3O2S. The second-order valence-electron chi connectivity index (χ2n) is 4.41. The van der Waals surface area contributed by atoms with Gasteiger partial charge in [-0.15, -0.1) is 5.10 Å². The molecule has 0 aliphatic heterocycles. The van der Waals surface area contributed by atoms with Gasteiger partial charge >= 0.3 is 0 Å². The van der Waals surface area contributed by atoms with Crippen molar-refractivity contribution < 1.29 is 13.9 Å². The summed E-state index contributed by atoms with van der Waals surface area (Å²) in [7, 11) is 1.67. The van der Waals surface area contributed by atoms with E-state index in [9.17, 15) is 9.18 Å². The Balaban J connectivity index is 1.89. The molecule has 2 rings (SSSR count). The van der Waals surface area contributed by atoms with E-state index in [1.807, 2.05) is 6.92 Å². The maximum atomic E-state index is 13.4. The van der Waals surface area contributed by atoms with Gasteiger partial charge in [-0.2, -0.15) is 0 Å². The van der Waals surface area contributed by atoms with Gasteiger partial charge in [-0.05, 0) is 30.1 Å². The largest absolute Gasteiger partial charge is 0.489 e. The van der Waals surface area contributed by atoms with Crippen LogP contribution in [0.3, 0.4) is 0 Å². The number of hydrogen-bond donors (Lipinski definition) is 0. The van der Waals surface area contributed by atoms with E-state index in [4.69, 9.17) is 4.74 Å². The first-order valence-corrected chi connectivity index (χ1v) is 7.34. The molecule has 1 heterocycles. The third-order valence-corrected chi connectivity index (χ3v) is 3.71. The molecule has 0 aliphatic rings. The van der Waals surface area contributed by atoms with Crippen molar-refractivity contribution in [1.82, 2.24) is 14.5 Å². The Hall–Kier alpha value is -2.02. The summed E-state index contributed by atoms with van der Waals surface area (Å²) < 4.78 is 22.5. The van der Waals surface area contributed by atoms with Crippen molar-refractivity contribution in [1.29, 1.82) is 0 Å². The fourth-order valence-electron chi connectivity index (χ4n) is 1.73. The number of aromatic nitrogens is 2. The number of halogens is 1. The minimum atomic E-state index is -0.411. The van der Waals surface area contributed by atoms with Crippen LogP contribution in [0, 0.1) is 5.82 Å². The summed E-state index contributed by atoms with van der Waals surface area (Å²) >= 11 is 1.09. The summed E-state index contributed by atoms with van der Waals surface area (Å²) in [5.74, 6) is -0.363. The lowest BCUT2D eigenvalue weighted by molar-refractivity contribution is 0.0776. The second-order valence-corrected chi connectivity index (χ2v) is 5.16. The van der Waals surface area contributed by atoms with Crippen LogP contribution in [0.1, 0.15) is 22.3 Å². The number of aryl methyl sites for hydroxylation is 1. The van der Waals surface area contributed by atoms with Gasteiger partial charge in [-0.25, -0.2) is 4.39 Å². The number of amides is 1. The van der Waals surface area contributed by atoms with Gasteiger partial charge in [0.15, 0.2) is 11.6 Å². The van der Waals surface area contributed by atoms with Crippen LogP contribution in [-0.4, -0.2) is 40.6 Å². The highest BCUT2D eigenvalue weighted by Gasteiger charge is 2.18. The Labute approximate surface area is 126 Å². The fourth-order valence-corrected chi connectivity index (χ4v) is 2.48. The van der Waals surface area contributed by atoms with Gasteiger partial charge < -0.3 is 9.64 Å². The molecule has 112 valence electrons. The molecule has 0 N–H and O–H groups in total. The Morgan fingerprint density at radius 3 is 2.90 bits per heavy atom. The lowest BCUT2D eigenvalue weighted by Gasteiger charge is -2.17. The van der Waals surface area contributed by atoms with E-state index in [1.165, 1.54) is 11.0 Å². The standard InChI is InChI=1S/C14H16FN3O2S/c1-3-11-13(21-17-16-11)14(19)18(2)8-9-20-12-7-5-4-6-10(12)15/h4-7H,3,8-9H2,1-2H3. The first kappa shape index (κ1) is 15.4. The van der Waals surface area contributed by atoms with Crippen LogP contribution < -0.4 is 4.74 Å². The van der Waals surface area contributed by atoms with Crippen LogP contribution in [0.15, 0.2) is 24.3 Å². The molecule has 1 aromatic carbocycles. The minimum absolute atomic E-state index is 0.140. The number of hydrogen-bond acceptors (Lipinski definition) is 5. The molecular weight excluding hydrogens is 293 g/mol. The summed E-state index contributed by atoms with van der Waals surface area (Å²) in [6.45, 7) is 2.50. The number of nitrogens with zero attached hydrogens (tertiary/aromatic N) is 3. The average molecular weight is 309 g/mol. The third kappa shape index (κ3) is 3.75. The maximum absolute atomic E-state index is 13.4. The molecule has 2 aromatic rings. The topological polar surface area (TPSA) is 55.3 Å². The van der Waals surface area contributed by atoms with E-state index in [2.05, 4.69) is 9.59 Å². The van der Waals surface area contributed by atoms with Crippen molar-refractivity contribution in [2.45, 2.75) is 13.3 Å². The van der Waals surface area contributed by atoms with Crippen molar-refractivity contribution in [3.63, 3.8) is 0 Å². The van der Waals surface area contributed by atoms with Gasteiger partial charge in [0.05, 0.1) is 12.2 Å². The maximum Gasteiger partial charge on any atom is 0.267 e. The Morgan fingerprint density at radius 1 is 1.43 bits per heavy atom. The number of ether oxygens (including phenoxy) is 1. The third-order valence-electron chi connectivity index (χ3n) is 2.95. The van der Waals surface area contributed by atoms with Crippen LogP contribution in [0.2, 0.25) is 0 Å². The molecule has 1 aromatic heterocycles. The van der Waals surface area contributed by atoms with Crippen molar-refractivity contribution in [3.8, 4) is 5.75 Å². The second kappa shape index (κ2) is 7.12. The smallest absolute Gasteiger partial charge is 0.267 e.